The number of nitrogens with one attached hydrogen (secondary N) is 1. The van der Waals surface area contributed by atoms with E-state index in [9.17, 15) is 14.7 Å². The molecular weight excluding hydrogens is 274 g/mol. The molecule has 3 rings (SSSR count). The molecular formula is C15H13NO3S. The normalized spacial score (nSPS) is 14.0. The Morgan fingerprint density at radius 3 is 2.50 bits per heavy atom. The van der Waals surface area contributed by atoms with Crippen LogP contribution in [0, 0.1) is 5.92 Å². The number of amides is 1. The monoisotopic (exact) mass is 287 g/mol. The zero-order valence-electron chi connectivity index (χ0n) is 10.6. The van der Waals surface area contributed by atoms with Crippen molar-refractivity contribution in [2.75, 3.05) is 5.32 Å². The van der Waals surface area contributed by atoms with Gasteiger partial charge in [0.25, 0.3) is 0 Å². The molecule has 102 valence electrons. The molecule has 1 aromatic heterocycles. The fourth-order valence-corrected chi connectivity index (χ4v) is 3.01. The van der Waals surface area contributed by atoms with Crippen molar-refractivity contribution in [2.45, 2.75) is 12.8 Å². The highest BCUT2D eigenvalue weighted by molar-refractivity contribution is 7.20. The highest BCUT2D eigenvalue weighted by Crippen LogP contribution is 2.37. The minimum Gasteiger partial charge on any atom is -0.478 e. The van der Waals surface area contributed by atoms with E-state index in [0.717, 1.165) is 23.3 Å². The first-order valence-corrected chi connectivity index (χ1v) is 7.20. The highest BCUT2D eigenvalue weighted by atomic mass is 32.1. The van der Waals surface area contributed by atoms with Gasteiger partial charge in [0.05, 0.1) is 5.56 Å². The van der Waals surface area contributed by atoms with Gasteiger partial charge in [0.2, 0.25) is 5.91 Å². The molecule has 0 unspecified atom stereocenters. The van der Waals surface area contributed by atoms with Crippen molar-refractivity contribution in [3.05, 3.63) is 42.0 Å². The largest absolute Gasteiger partial charge is 0.478 e. The predicted octanol–water partition coefficient (Wildman–Crippen LogP) is 3.46. The number of thiophene rings is 1. The zero-order chi connectivity index (χ0) is 14.1. The van der Waals surface area contributed by atoms with E-state index in [1.54, 1.807) is 6.07 Å². The fraction of sp³-hybridized carbons (Fsp3) is 0.200. The van der Waals surface area contributed by atoms with Gasteiger partial charge in [0.1, 0.15) is 5.00 Å². The molecule has 0 saturated heterocycles. The molecule has 1 heterocycles. The summed E-state index contributed by atoms with van der Waals surface area (Å²) in [5.74, 6) is -1.04. The van der Waals surface area contributed by atoms with Crippen molar-refractivity contribution < 1.29 is 14.7 Å². The Bertz CT molecular complexity index is 659. The van der Waals surface area contributed by atoms with Crippen LogP contribution < -0.4 is 5.32 Å². The van der Waals surface area contributed by atoms with Crippen LogP contribution in [0.5, 0.6) is 0 Å². The molecule has 2 N–H and O–H groups in total. The number of carboxylic acid groups (broad SMARTS) is 1. The van der Waals surface area contributed by atoms with Crippen LogP contribution in [0.3, 0.4) is 0 Å². The number of hydrogen-bond acceptors (Lipinski definition) is 3. The number of aromatic carboxylic acids is 1. The summed E-state index contributed by atoms with van der Waals surface area (Å²) in [5.41, 5.74) is 1.11. The molecule has 0 aliphatic heterocycles. The van der Waals surface area contributed by atoms with Gasteiger partial charge < -0.3 is 10.4 Å². The molecule has 1 aliphatic carbocycles. The molecule has 5 heteroatoms. The summed E-state index contributed by atoms with van der Waals surface area (Å²) in [6.45, 7) is 0. The first-order valence-electron chi connectivity index (χ1n) is 6.38. The highest BCUT2D eigenvalue weighted by Gasteiger charge is 2.31. The van der Waals surface area contributed by atoms with Crippen molar-refractivity contribution >= 4 is 28.2 Å². The number of hydrogen-bond donors (Lipinski definition) is 2. The lowest BCUT2D eigenvalue weighted by Crippen LogP contribution is -2.14. The van der Waals surface area contributed by atoms with Gasteiger partial charge in [-0.3, -0.25) is 4.79 Å². The number of carboxylic acids is 1. The lowest BCUT2D eigenvalue weighted by molar-refractivity contribution is -0.117. The molecule has 1 amide bonds. The zero-order valence-corrected chi connectivity index (χ0v) is 11.4. The summed E-state index contributed by atoms with van der Waals surface area (Å²) in [6.07, 6.45) is 1.79. The van der Waals surface area contributed by atoms with Gasteiger partial charge in [-0.05, 0) is 24.5 Å². The first-order chi connectivity index (χ1) is 9.65. The van der Waals surface area contributed by atoms with Gasteiger partial charge >= 0.3 is 5.97 Å². The summed E-state index contributed by atoms with van der Waals surface area (Å²) in [5, 5.41) is 12.4. The second-order valence-corrected chi connectivity index (χ2v) is 5.84. The molecule has 1 aliphatic rings. The molecule has 1 saturated carbocycles. The van der Waals surface area contributed by atoms with Gasteiger partial charge in [0, 0.05) is 10.8 Å². The van der Waals surface area contributed by atoms with Gasteiger partial charge in [-0.25, -0.2) is 4.79 Å². The maximum Gasteiger partial charge on any atom is 0.338 e. The first kappa shape index (κ1) is 12.9. The molecule has 1 aromatic carbocycles. The van der Waals surface area contributed by atoms with Crippen LogP contribution in [0.25, 0.3) is 10.4 Å². The molecule has 1 fully saturated rings. The summed E-state index contributed by atoms with van der Waals surface area (Å²) in [7, 11) is 0. The molecule has 0 bridgehead atoms. The number of benzene rings is 1. The minimum absolute atomic E-state index is 0.0546. The van der Waals surface area contributed by atoms with Crippen LogP contribution in [0.2, 0.25) is 0 Å². The average molecular weight is 287 g/mol. The van der Waals surface area contributed by atoms with E-state index in [4.69, 9.17) is 0 Å². The Kier molecular flexibility index (Phi) is 3.28. The van der Waals surface area contributed by atoms with Crippen LogP contribution in [-0.4, -0.2) is 17.0 Å². The molecule has 2 aromatic rings. The summed E-state index contributed by atoms with van der Waals surface area (Å²) in [6, 6.07) is 11.2. The van der Waals surface area contributed by atoms with Crippen molar-refractivity contribution in [1.82, 2.24) is 0 Å². The Morgan fingerprint density at radius 2 is 1.90 bits per heavy atom. The summed E-state index contributed by atoms with van der Waals surface area (Å²) in [4.78, 5) is 23.9. The van der Waals surface area contributed by atoms with E-state index in [0.29, 0.717) is 5.00 Å². The SMILES string of the molecule is O=C(O)c1cc(-c2ccccc2)sc1NC(=O)C1CC1. The minimum atomic E-state index is -1.02. The fourth-order valence-electron chi connectivity index (χ4n) is 1.95. The maximum absolute atomic E-state index is 11.8. The summed E-state index contributed by atoms with van der Waals surface area (Å²) >= 11 is 1.30. The number of rotatable bonds is 4. The smallest absolute Gasteiger partial charge is 0.338 e. The topological polar surface area (TPSA) is 66.4 Å². The molecule has 4 nitrogen and oxygen atoms in total. The van der Waals surface area contributed by atoms with Gasteiger partial charge in [-0.15, -0.1) is 11.3 Å². The van der Waals surface area contributed by atoms with Crippen LogP contribution in [-0.2, 0) is 4.79 Å². The van der Waals surface area contributed by atoms with Crippen LogP contribution >= 0.6 is 11.3 Å². The van der Waals surface area contributed by atoms with Crippen molar-refractivity contribution in [1.29, 1.82) is 0 Å². The number of carbonyl (C=O) groups is 2. The molecule has 0 atom stereocenters. The lowest BCUT2D eigenvalue weighted by Gasteiger charge is -2.01. The number of anilines is 1. The molecule has 0 spiro atoms. The van der Waals surface area contributed by atoms with E-state index in [1.807, 2.05) is 30.3 Å². The van der Waals surface area contributed by atoms with E-state index in [1.165, 1.54) is 11.3 Å². The second kappa shape index (κ2) is 5.09. The Balaban J connectivity index is 1.93. The third kappa shape index (κ3) is 2.58. The third-order valence-corrected chi connectivity index (χ3v) is 4.31. The quantitative estimate of drug-likeness (QED) is 0.905. The average Bonchev–Trinajstić information content (AvgIpc) is 3.21. The van der Waals surface area contributed by atoms with Crippen LogP contribution in [0.1, 0.15) is 23.2 Å². The van der Waals surface area contributed by atoms with E-state index in [2.05, 4.69) is 5.32 Å². The number of carbonyl (C=O) groups excluding carboxylic acids is 1. The van der Waals surface area contributed by atoms with Crippen molar-refractivity contribution in [3.63, 3.8) is 0 Å². The van der Waals surface area contributed by atoms with Crippen molar-refractivity contribution in [2.24, 2.45) is 5.92 Å². The van der Waals surface area contributed by atoms with Gasteiger partial charge in [-0.2, -0.15) is 0 Å². The van der Waals surface area contributed by atoms with Gasteiger partial charge in [0.15, 0.2) is 0 Å². The van der Waals surface area contributed by atoms with Crippen LogP contribution in [0.15, 0.2) is 36.4 Å². The van der Waals surface area contributed by atoms with E-state index in [-0.39, 0.29) is 17.4 Å². The van der Waals surface area contributed by atoms with E-state index >= 15 is 0 Å². The van der Waals surface area contributed by atoms with Crippen molar-refractivity contribution in [3.8, 4) is 10.4 Å². The van der Waals surface area contributed by atoms with Gasteiger partial charge in [-0.1, -0.05) is 30.3 Å². The van der Waals surface area contributed by atoms with E-state index < -0.39 is 5.97 Å². The Morgan fingerprint density at radius 1 is 1.20 bits per heavy atom. The summed E-state index contributed by atoms with van der Waals surface area (Å²) < 4.78 is 0. The van der Waals surface area contributed by atoms with Crippen LogP contribution in [0.4, 0.5) is 5.00 Å². The molecule has 0 radical (unpaired) electrons. The third-order valence-electron chi connectivity index (χ3n) is 3.21. The predicted molar refractivity (Wildman–Crippen MR) is 78.1 cm³/mol. The maximum atomic E-state index is 11.8. The standard InChI is InChI=1S/C15H13NO3S/c17-13(10-6-7-10)16-14-11(15(18)19)8-12(20-14)9-4-2-1-3-5-9/h1-5,8,10H,6-7H2,(H,16,17)(H,18,19). The Labute approximate surface area is 120 Å². The second-order valence-electron chi connectivity index (χ2n) is 4.79. The Hall–Kier alpha value is -2.14. The lowest BCUT2D eigenvalue weighted by atomic mass is 10.1. The molecule has 20 heavy (non-hydrogen) atoms.